The molecule has 164 valence electrons. The van der Waals surface area contributed by atoms with E-state index < -0.39 is 23.7 Å². The second-order valence-electron chi connectivity index (χ2n) is 8.05. The maximum Gasteiger partial charge on any atom is 0.573 e. The van der Waals surface area contributed by atoms with E-state index in [0.717, 1.165) is 50.2 Å². The van der Waals surface area contributed by atoms with Crippen LogP contribution in [0.5, 0.6) is 5.75 Å². The summed E-state index contributed by atoms with van der Waals surface area (Å²) in [4.78, 5) is 0. The van der Waals surface area contributed by atoms with Crippen molar-refractivity contribution in [2.45, 2.75) is 83.9 Å². The molecule has 1 aromatic rings. The van der Waals surface area contributed by atoms with Gasteiger partial charge in [-0.3, -0.25) is 0 Å². The smallest absolute Gasteiger partial charge is 0.399 e. The molecule has 1 aliphatic carbocycles. The van der Waals surface area contributed by atoms with Gasteiger partial charge in [0, 0.05) is 0 Å². The summed E-state index contributed by atoms with van der Waals surface area (Å²) >= 11 is 0. The zero-order chi connectivity index (χ0) is 21.3. The standard InChI is InChI=1S/C23H31F5O/c1-2-3-4-5-6-7-8-17-9-11-18(12-10-17)13-14-19-15-20(24)22(21(25)16-19)29-23(26,27)28/h4-5,15-18H,2-3,6-14H2,1H3/b5-4+/t17-,18-. The number of ether oxygens (including phenoxy) is 1. The quantitative estimate of drug-likeness (QED) is 0.212. The normalized spacial score (nSPS) is 20.3. The number of hydrogen-bond donors (Lipinski definition) is 0. The van der Waals surface area contributed by atoms with E-state index in [2.05, 4.69) is 23.8 Å². The van der Waals surface area contributed by atoms with Crippen molar-refractivity contribution < 1.29 is 26.7 Å². The molecule has 0 atom stereocenters. The lowest BCUT2D eigenvalue weighted by atomic mass is 9.78. The van der Waals surface area contributed by atoms with Crippen LogP contribution in [-0.2, 0) is 6.42 Å². The molecule has 0 saturated heterocycles. The third kappa shape index (κ3) is 8.75. The molecule has 1 nitrogen and oxygen atoms in total. The second kappa shape index (κ2) is 11.6. The highest BCUT2D eigenvalue weighted by atomic mass is 19.4. The van der Waals surface area contributed by atoms with Crippen LogP contribution >= 0.6 is 0 Å². The predicted molar refractivity (Wildman–Crippen MR) is 105 cm³/mol. The number of allylic oxidation sites excluding steroid dienone is 2. The lowest BCUT2D eigenvalue weighted by Gasteiger charge is -2.28. The number of hydrogen-bond acceptors (Lipinski definition) is 1. The lowest BCUT2D eigenvalue weighted by molar-refractivity contribution is -0.276. The third-order valence-corrected chi connectivity index (χ3v) is 5.69. The molecule has 1 aromatic carbocycles. The van der Waals surface area contributed by atoms with Gasteiger partial charge < -0.3 is 4.74 Å². The first kappa shape index (κ1) is 23.7. The molecule has 1 fully saturated rings. The van der Waals surface area contributed by atoms with Crippen molar-refractivity contribution in [2.24, 2.45) is 11.8 Å². The van der Waals surface area contributed by atoms with E-state index in [0.29, 0.717) is 17.9 Å². The van der Waals surface area contributed by atoms with E-state index in [1.54, 1.807) is 0 Å². The minimum Gasteiger partial charge on any atom is -0.399 e. The van der Waals surface area contributed by atoms with E-state index in [1.807, 2.05) is 0 Å². The van der Waals surface area contributed by atoms with Crippen molar-refractivity contribution in [3.05, 3.63) is 41.5 Å². The summed E-state index contributed by atoms with van der Waals surface area (Å²) < 4.78 is 67.7. The highest BCUT2D eigenvalue weighted by Gasteiger charge is 2.34. The van der Waals surface area contributed by atoms with E-state index in [-0.39, 0.29) is 0 Å². The van der Waals surface area contributed by atoms with Crippen molar-refractivity contribution in [3.63, 3.8) is 0 Å². The molecule has 0 aromatic heterocycles. The third-order valence-electron chi connectivity index (χ3n) is 5.69. The summed E-state index contributed by atoms with van der Waals surface area (Å²) in [6.45, 7) is 2.17. The highest BCUT2D eigenvalue weighted by Crippen LogP contribution is 2.35. The zero-order valence-corrected chi connectivity index (χ0v) is 17.0. The summed E-state index contributed by atoms with van der Waals surface area (Å²) in [5.74, 6) is -2.73. The van der Waals surface area contributed by atoms with Crippen molar-refractivity contribution in [1.82, 2.24) is 0 Å². The number of benzene rings is 1. The van der Waals surface area contributed by atoms with Crippen LogP contribution in [0.4, 0.5) is 22.0 Å². The minimum atomic E-state index is -5.12. The number of rotatable bonds is 10. The molecule has 6 heteroatoms. The molecule has 0 radical (unpaired) electrons. The fraction of sp³-hybridized carbons (Fsp3) is 0.652. The van der Waals surface area contributed by atoms with Crippen LogP contribution in [-0.4, -0.2) is 6.36 Å². The van der Waals surface area contributed by atoms with E-state index in [9.17, 15) is 22.0 Å². The minimum absolute atomic E-state index is 0.371. The lowest BCUT2D eigenvalue weighted by Crippen LogP contribution is -2.19. The number of unbranched alkanes of at least 4 members (excludes halogenated alkanes) is 2. The van der Waals surface area contributed by atoms with Crippen molar-refractivity contribution in [2.75, 3.05) is 0 Å². The second-order valence-corrected chi connectivity index (χ2v) is 8.05. The summed E-state index contributed by atoms with van der Waals surface area (Å²) in [7, 11) is 0. The van der Waals surface area contributed by atoms with Crippen molar-refractivity contribution >= 4 is 0 Å². The average Bonchev–Trinajstić information content (AvgIpc) is 2.66. The Hall–Kier alpha value is -1.59. The van der Waals surface area contributed by atoms with Crippen LogP contribution in [0.3, 0.4) is 0 Å². The molecule has 0 bridgehead atoms. The predicted octanol–water partition coefficient (Wildman–Crippen LogP) is 8.13. The van der Waals surface area contributed by atoms with Gasteiger partial charge in [-0.2, -0.15) is 0 Å². The fourth-order valence-electron chi connectivity index (χ4n) is 4.08. The van der Waals surface area contributed by atoms with Gasteiger partial charge in [0.1, 0.15) is 0 Å². The van der Waals surface area contributed by atoms with Gasteiger partial charge in [-0.1, -0.05) is 57.6 Å². The van der Waals surface area contributed by atoms with Gasteiger partial charge >= 0.3 is 6.36 Å². The molecule has 1 saturated carbocycles. The van der Waals surface area contributed by atoms with Gasteiger partial charge in [-0.05, 0) is 61.6 Å². The first-order valence-corrected chi connectivity index (χ1v) is 10.7. The first-order chi connectivity index (χ1) is 13.8. The molecule has 29 heavy (non-hydrogen) atoms. The van der Waals surface area contributed by atoms with Crippen LogP contribution in [0.2, 0.25) is 0 Å². The summed E-state index contributed by atoms with van der Waals surface area (Å²) in [5.41, 5.74) is 0.371. The monoisotopic (exact) mass is 418 g/mol. The van der Waals surface area contributed by atoms with Gasteiger partial charge in [0.05, 0.1) is 0 Å². The zero-order valence-electron chi connectivity index (χ0n) is 17.0. The maximum absolute atomic E-state index is 13.8. The fourth-order valence-corrected chi connectivity index (χ4v) is 4.08. The summed E-state index contributed by atoms with van der Waals surface area (Å²) in [5, 5.41) is 0. The number of alkyl halides is 3. The SMILES string of the molecule is CCC/C=C/CCC[C@H]1CC[C@H](CCc2cc(F)c(OC(F)(F)F)c(F)c2)CC1. The van der Waals surface area contributed by atoms with Crippen LogP contribution in [0.15, 0.2) is 24.3 Å². The molecule has 0 heterocycles. The van der Waals surface area contributed by atoms with E-state index >= 15 is 0 Å². The Morgan fingerprint density at radius 1 is 0.931 bits per heavy atom. The maximum atomic E-state index is 13.8. The number of halogens is 5. The van der Waals surface area contributed by atoms with Gasteiger partial charge in [0.2, 0.25) is 5.75 Å². The molecule has 0 unspecified atom stereocenters. The van der Waals surface area contributed by atoms with Crippen molar-refractivity contribution in [1.29, 1.82) is 0 Å². The molecular formula is C23H31F5O. The van der Waals surface area contributed by atoms with E-state index in [4.69, 9.17) is 0 Å². The largest absolute Gasteiger partial charge is 0.573 e. The van der Waals surface area contributed by atoms with Crippen LogP contribution < -0.4 is 4.74 Å². The molecule has 1 aliphatic rings. The molecule has 0 amide bonds. The Bertz CT molecular complexity index is 622. The van der Waals surface area contributed by atoms with Crippen LogP contribution in [0, 0.1) is 23.5 Å². The Morgan fingerprint density at radius 3 is 2.03 bits per heavy atom. The van der Waals surface area contributed by atoms with Gasteiger partial charge in [-0.15, -0.1) is 13.2 Å². The number of aryl methyl sites for hydroxylation is 1. The molecule has 0 N–H and O–H groups in total. The van der Waals surface area contributed by atoms with Gasteiger partial charge in [-0.25, -0.2) is 8.78 Å². The molecule has 2 rings (SSSR count). The topological polar surface area (TPSA) is 9.23 Å². The Morgan fingerprint density at radius 2 is 1.48 bits per heavy atom. The van der Waals surface area contributed by atoms with Crippen molar-refractivity contribution in [3.8, 4) is 5.75 Å². The van der Waals surface area contributed by atoms with Crippen LogP contribution in [0.1, 0.15) is 76.7 Å². The summed E-state index contributed by atoms with van der Waals surface area (Å²) in [6, 6.07) is 1.89. The molecular weight excluding hydrogens is 387 g/mol. The Balaban J connectivity index is 1.72. The van der Waals surface area contributed by atoms with Crippen LogP contribution in [0.25, 0.3) is 0 Å². The average molecular weight is 418 g/mol. The highest BCUT2D eigenvalue weighted by molar-refractivity contribution is 5.31. The molecule has 0 spiro atoms. The Labute approximate surface area is 170 Å². The first-order valence-electron chi connectivity index (χ1n) is 10.7. The van der Waals surface area contributed by atoms with Gasteiger partial charge in [0.25, 0.3) is 0 Å². The Kier molecular flexibility index (Phi) is 9.44. The van der Waals surface area contributed by atoms with Gasteiger partial charge in [0.15, 0.2) is 11.6 Å². The van der Waals surface area contributed by atoms with E-state index in [1.165, 1.54) is 32.1 Å². The molecule has 0 aliphatic heterocycles. The summed E-state index contributed by atoms with van der Waals surface area (Å²) in [6.07, 6.45) is 11.2.